The lowest BCUT2D eigenvalue weighted by Crippen LogP contribution is -2.31. The third-order valence-corrected chi connectivity index (χ3v) is 5.77. The van der Waals surface area contributed by atoms with E-state index >= 15 is 0 Å². The molecule has 1 aliphatic rings. The highest BCUT2D eigenvalue weighted by Crippen LogP contribution is 2.27. The summed E-state index contributed by atoms with van der Waals surface area (Å²) in [6.07, 6.45) is 2.38. The van der Waals surface area contributed by atoms with E-state index in [4.69, 9.17) is 9.47 Å². The number of amides is 1. The number of esters is 1. The highest BCUT2D eigenvalue weighted by molar-refractivity contribution is 7.99. The molecule has 1 saturated heterocycles. The van der Waals surface area contributed by atoms with Gasteiger partial charge in [-0.3, -0.25) is 4.79 Å². The van der Waals surface area contributed by atoms with Gasteiger partial charge >= 0.3 is 5.97 Å². The first-order valence-corrected chi connectivity index (χ1v) is 10.5. The second-order valence-corrected chi connectivity index (χ2v) is 7.78. The summed E-state index contributed by atoms with van der Waals surface area (Å²) in [6, 6.07) is 16.8. The molecule has 0 aromatic heterocycles. The number of hydrogen-bond donors (Lipinski definition) is 1. The van der Waals surface area contributed by atoms with E-state index in [1.807, 2.05) is 49.4 Å². The van der Waals surface area contributed by atoms with Crippen LogP contribution in [0.3, 0.4) is 0 Å². The Labute approximate surface area is 169 Å². The van der Waals surface area contributed by atoms with E-state index in [2.05, 4.69) is 5.32 Å². The molecule has 1 aliphatic heterocycles. The molecule has 0 unspecified atom stereocenters. The van der Waals surface area contributed by atoms with Crippen LogP contribution in [0.2, 0.25) is 0 Å². The Balaban J connectivity index is 1.50. The number of ether oxygens (including phenoxy) is 2. The van der Waals surface area contributed by atoms with Gasteiger partial charge in [0.05, 0.1) is 17.7 Å². The molecule has 2 aromatic carbocycles. The Morgan fingerprint density at radius 2 is 1.93 bits per heavy atom. The molecule has 1 heterocycles. The van der Waals surface area contributed by atoms with E-state index in [1.165, 1.54) is 0 Å². The topological polar surface area (TPSA) is 64.6 Å². The predicted octanol–water partition coefficient (Wildman–Crippen LogP) is 3.99. The quantitative estimate of drug-likeness (QED) is 0.537. The maximum absolute atomic E-state index is 12.5. The van der Waals surface area contributed by atoms with Gasteiger partial charge in [-0.1, -0.05) is 42.5 Å². The predicted molar refractivity (Wildman–Crippen MR) is 109 cm³/mol. The van der Waals surface area contributed by atoms with Gasteiger partial charge in [-0.05, 0) is 37.5 Å². The van der Waals surface area contributed by atoms with Crippen molar-refractivity contribution >= 4 is 23.6 Å². The van der Waals surface area contributed by atoms with Crippen LogP contribution in [0.1, 0.15) is 41.7 Å². The minimum absolute atomic E-state index is 0.151. The smallest absolute Gasteiger partial charge is 0.339 e. The zero-order valence-electron chi connectivity index (χ0n) is 15.9. The number of thioether (sulfide) groups is 1. The molecule has 1 fully saturated rings. The van der Waals surface area contributed by atoms with E-state index in [-0.39, 0.29) is 24.7 Å². The van der Waals surface area contributed by atoms with Gasteiger partial charge in [0.15, 0.2) is 6.61 Å². The second kappa shape index (κ2) is 10.3. The highest BCUT2D eigenvalue weighted by atomic mass is 32.2. The van der Waals surface area contributed by atoms with Gasteiger partial charge in [-0.25, -0.2) is 4.79 Å². The number of rotatable bonds is 8. The van der Waals surface area contributed by atoms with E-state index in [9.17, 15) is 9.59 Å². The lowest BCUT2D eigenvalue weighted by atomic mass is 10.1. The van der Waals surface area contributed by atoms with Crippen LogP contribution in [0.15, 0.2) is 59.5 Å². The van der Waals surface area contributed by atoms with Crippen LogP contribution in [0.25, 0.3) is 0 Å². The molecular weight excluding hydrogens is 374 g/mol. The molecule has 2 aromatic rings. The Kier molecular flexibility index (Phi) is 7.51. The van der Waals surface area contributed by atoms with Gasteiger partial charge in [0, 0.05) is 17.3 Å². The summed E-state index contributed by atoms with van der Waals surface area (Å²) in [5.74, 6) is -0.00790. The summed E-state index contributed by atoms with van der Waals surface area (Å²) in [7, 11) is 0. The summed E-state index contributed by atoms with van der Waals surface area (Å²) in [4.78, 5) is 25.5. The van der Waals surface area contributed by atoms with Crippen LogP contribution in [-0.2, 0) is 14.3 Å². The maximum atomic E-state index is 12.5. The van der Waals surface area contributed by atoms with Crippen molar-refractivity contribution in [1.82, 2.24) is 5.32 Å². The van der Waals surface area contributed by atoms with Gasteiger partial charge in [0.2, 0.25) is 0 Å². The molecule has 1 N–H and O–H groups in total. The first-order chi connectivity index (χ1) is 13.6. The van der Waals surface area contributed by atoms with Gasteiger partial charge in [-0.2, -0.15) is 0 Å². The van der Waals surface area contributed by atoms with Crippen molar-refractivity contribution in [2.24, 2.45) is 0 Å². The number of carbonyl (C=O) groups excluding carboxylic acids is 2. The fourth-order valence-electron chi connectivity index (χ4n) is 3.04. The number of benzene rings is 2. The summed E-state index contributed by atoms with van der Waals surface area (Å²) >= 11 is 1.59. The molecule has 0 radical (unpaired) electrons. The molecule has 28 heavy (non-hydrogen) atoms. The SMILES string of the molecule is C[C@H](NC(=O)COC(=O)c1ccccc1SC[C@@H]1CCCO1)c1ccccc1. The van der Waals surface area contributed by atoms with Crippen LogP contribution in [0.4, 0.5) is 0 Å². The summed E-state index contributed by atoms with van der Waals surface area (Å²) in [5, 5.41) is 2.84. The normalized spacial score (nSPS) is 17.1. The van der Waals surface area contributed by atoms with Crippen LogP contribution in [0.5, 0.6) is 0 Å². The third-order valence-electron chi connectivity index (χ3n) is 4.57. The molecule has 148 valence electrons. The largest absolute Gasteiger partial charge is 0.452 e. The molecule has 0 saturated carbocycles. The standard InChI is InChI=1S/C22H25NO4S/c1-16(17-8-3-2-4-9-17)23-21(24)14-27-22(25)19-11-5-6-12-20(19)28-15-18-10-7-13-26-18/h2-6,8-9,11-12,16,18H,7,10,13-15H2,1H3,(H,23,24)/t16-,18-/m0/s1. The molecular formula is C22H25NO4S. The molecule has 1 amide bonds. The molecule has 0 aliphatic carbocycles. The molecule has 6 heteroatoms. The van der Waals surface area contributed by atoms with Crippen molar-refractivity contribution in [3.05, 3.63) is 65.7 Å². The molecule has 5 nitrogen and oxygen atoms in total. The van der Waals surface area contributed by atoms with Crippen LogP contribution in [0, 0.1) is 0 Å². The van der Waals surface area contributed by atoms with Crippen molar-refractivity contribution in [2.45, 2.75) is 36.8 Å². The lowest BCUT2D eigenvalue weighted by molar-refractivity contribution is -0.124. The van der Waals surface area contributed by atoms with Crippen molar-refractivity contribution in [3.8, 4) is 0 Å². The number of hydrogen-bond acceptors (Lipinski definition) is 5. The van der Waals surface area contributed by atoms with Crippen molar-refractivity contribution in [2.75, 3.05) is 19.0 Å². The summed E-state index contributed by atoms with van der Waals surface area (Å²) in [5.41, 5.74) is 1.48. The Hall–Kier alpha value is -2.31. The van der Waals surface area contributed by atoms with E-state index in [1.54, 1.807) is 23.9 Å². The minimum atomic E-state index is -0.488. The van der Waals surface area contributed by atoms with Crippen LogP contribution in [-0.4, -0.2) is 36.9 Å². The first kappa shape index (κ1) is 20.4. The zero-order valence-corrected chi connectivity index (χ0v) is 16.7. The molecule has 0 spiro atoms. The fraction of sp³-hybridized carbons (Fsp3) is 0.364. The van der Waals surface area contributed by atoms with E-state index < -0.39 is 5.97 Å². The van der Waals surface area contributed by atoms with E-state index in [0.29, 0.717) is 5.56 Å². The molecule has 0 bridgehead atoms. The zero-order chi connectivity index (χ0) is 19.8. The number of carbonyl (C=O) groups is 2. The number of nitrogens with one attached hydrogen (secondary N) is 1. The third kappa shape index (κ3) is 5.84. The van der Waals surface area contributed by atoms with Crippen molar-refractivity contribution in [3.63, 3.8) is 0 Å². The lowest BCUT2D eigenvalue weighted by Gasteiger charge is -2.15. The second-order valence-electron chi connectivity index (χ2n) is 6.72. The molecule has 2 atom stereocenters. The van der Waals surface area contributed by atoms with E-state index in [0.717, 1.165) is 35.7 Å². The summed E-state index contributed by atoms with van der Waals surface area (Å²) < 4.78 is 10.9. The minimum Gasteiger partial charge on any atom is -0.452 e. The summed E-state index contributed by atoms with van der Waals surface area (Å²) in [6.45, 7) is 2.40. The Morgan fingerprint density at radius 1 is 1.18 bits per heavy atom. The Morgan fingerprint density at radius 3 is 2.68 bits per heavy atom. The van der Waals surface area contributed by atoms with Crippen molar-refractivity contribution < 1.29 is 19.1 Å². The molecule has 3 rings (SSSR count). The van der Waals surface area contributed by atoms with Gasteiger partial charge < -0.3 is 14.8 Å². The average molecular weight is 400 g/mol. The van der Waals surface area contributed by atoms with Crippen molar-refractivity contribution in [1.29, 1.82) is 0 Å². The fourth-order valence-corrected chi connectivity index (χ4v) is 4.15. The van der Waals surface area contributed by atoms with Gasteiger partial charge in [0.1, 0.15) is 0 Å². The van der Waals surface area contributed by atoms with Gasteiger partial charge in [-0.15, -0.1) is 11.8 Å². The maximum Gasteiger partial charge on any atom is 0.339 e. The van der Waals surface area contributed by atoms with Gasteiger partial charge in [0.25, 0.3) is 5.91 Å². The average Bonchev–Trinajstić information content (AvgIpc) is 3.25. The van der Waals surface area contributed by atoms with Crippen LogP contribution >= 0.6 is 11.8 Å². The Bertz CT molecular complexity index is 790. The highest BCUT2D eigenvalue weighted by Gasteiger charge is 2.19. The van der Waals surface area contributed by atoms with Crippen LogP contribution < -0.4 is 5.32 Å². The first-order valence-electron chi connectivity index (χ1n) is 9.48. The monoisotopic (exact) mass is 399 g/mol.